The number of carbonyl (C=O) groups is 1. The minimum absolute atomic E-state index is 0.101. The summed E-state index contributed by atoms with van der Waals surface area (Å²) in [6, 6.07) is 6.59. The third-order valence-electron chi connectivity index (χ3n) is 2.35. The van der Waals surface area contributed by atoms with Crippen molar-refractivity contribution in [1.29, 1.82) is 0 Å². The van der Waals surface area contributed by atoms with Crippen molar-refractivity contribution in [2.75, 3.05) is 0 Å². The first-order valence-corrected chi connectivity index (χ1v) is 5.37. The van der Waals surface area contributed by atoms with E-state index in [9.17, 15) is 4.79 Å². The van der Waals surface area contributed by atoms with E-state index in [-0.39, 0.29) is 17.2 Å². The van der Waals surface area contributed by atoms with E-state index in [4.69, 9.17) is 9.84 Å². The Morgan fingerprint density at radius 1 is 1.22 bits per heavy atom. The van der Waals surface area contributed by atoms with Crippen LogP contribution in [-0.4, -0.2) is 21.3 Å². The van der Waals surface area contributed by atoms with Crippen LogP contribution in [0.25, 0.3) is 0 Å². The number of aryl methyl sites for hydroxylation is 2. The van der Waals surface area contributed by atoms with Gasteiger partial charge in [-0.2, -0.15) is 5.10 Å². The van der Waals surface area contributed by atoms with Gasteiger partial charge in [-0.15, -0.1) is 5.10 Å². The highest BCUT2D eigenvalue weighted by molar-refractivity contribution is 5.91. The van der Waals surface area contributed by atoms with E-state index in [0.29, 0.717) is 0 Å². The standard InChI is InChI=1S/C13H12N2O3/c1-8-3-4-10(13(16)17)11(5-8)18-12-6-9(2)7-14-15-12/h3-7H,1-2H3,(H,16,17). The van der Waals surface area contributed by atoms with Crippen LogP contribution in [0.4, 0.5) is 0 Å². The van der Waals surface area contributed by atoms with Crippen LogP contribution in [0.5, 0.6) is 11.6 Å². The zero-order valence-electron chi connectivity index (χ0n) is 10.0. The molecule has 1 N–H and O–H groups in total. The molecule has 0 atom stereocenters. The number of hydrogen-bond donors (Lipinski definition) is 1. The molecule has 0 fully saturated rings. The van der Waals surface area contributed by atoms with Gasteiger partial charge in [0.05, 0.1) is 6.20 Å². The lowest BCUT2D eigenvalue weighted by molar-refractivity contribution is 0.0694. The first-order valence-electron chi connectivity index (χ1n) is 5.37. The van der Waals surface area contributed by atoms with E-state index in [1.54, 1.807) is 24.4 Å². The first kappa shape index (κ1) is 12.0. The minimum atomic E-state index is -1.04. The second-order valence-corrected chi connectivity index (χ2v) is 3.98. The Morgan fingerprint density at radius 3 is 2.67 bits per heavy atom. The van der Waals surface area contributed by atoms with Gasteiger partial charge in [-0.05, 0) is 37.1 Å². The Labute approximate surface area is 104 Å². The normalized spacial score (nSPS) is 10.1. The van der Waals surface area contributed by atoms with Gasteiger partial charge in [0, 0.05) is 6.07 Å². The smallest absolute Gasteiger partial charge is 0.339 e. The van der Waals surface area contributed by atoms with Crippen LogP contribution in [0, 0.1) is 13.8 Å². The summed E-state index contributed by atoms with van der Waals surface area (Å²) in [5.74, 6) is -0.490. The third-order valence-corrected chi connectivity index (χ3v) is 2.35. The van der Waals surface area contributed by atoms with Crippen LogP contribution in [0.1, 0.15) is 21.5 Å². The molecule has 5 heteroatoms. The Hall–Kier alpha value is -2.43. The largest absolute Gasteiger partial charge is 0.478 e. The molecule has 0 radical (unpaired) electrons. The van der Waals surface area contributed by atoms with Crippen molar-refractivity contribution in [3.63, 3.8) is 0 Å². The molecule has 0 aliphatic rings. The van der Waals surface area contributed by atoms with Crippen LogP contribution in [0.3, 0.4) is 0 Å². The molecule has 0 unspecified atom stereocenters. The molecule has 18 heavy (non-hydrogen) atoms. The van der Waals surface area contributed by atoms with Crippen molar-refractivity contribution >= 4 is 5.97 Å². The maximum atomic E-state index is 11.1. The van der Waals surface area contributed by atoms with Crippen molar-refractivity contribution in [3.05, 3.63) is 47.2 Å². The fraction of sp³-hybridized carbons (Fsp3) is 0.154. The molecule has 92 valence electrons. The molecule has 1 aromatic carbocycles. The Kier molecular flexibility index (Phi) is 3.23. The molecule has 0 spiro atoms. The first-order chi connectivity index (χ1) is 8.56. The average molecular weight is 244 g/mol. The zero-order chi connectivity index (χ0) is 13.1. The van der Waals surface area contributed by atoms with Crippen molar-refractivity contribution in [1.82, 2.24) is 10.2 Å². The summed E-state index contributed by atoms with van der Waals surface area (Å²) in [6.45, 7) is 3.72. The number of aromatic nitrogens is 2. The SMILES string of the molecule is Cc1cnnc(Oc2cc(C)ccc2C(=O)O)c1. The number of aromatic carboxylic acids is 1. The van der Waals surface area contributed by atoms with Gasteiger partial charge in [0.2, 0.25) is 5.88 Å². The van der Waals surface area contributed by atoms with Gasteiger partial charge in [0.15, 0.2) is 0 Å². The number of nitrogens with zero attached hydrogens (tertiary/aromatic N) is 2. The van der Waals surface area contributed by atoms with Crippen LogP contribution in [-0.2, 0) is 0 Å². The molecule has 2 aromatic rings. The predicted octanol–water partition coefficient (Wildman–Crippen LogP) is 2.58. The molecule has 5 nitrogen and oxygen atoms in total. The maximum absolute atomic E-state index is 11.1. The van der Waals surface area contributed by atoms with Crippen LogP contribution in [0.15, 0.2) is 30.5 Å². The van der Waals surface area contributed by atoms with Crippen LogP contribution >= 0.6 is 0 Å². The lowest BCUT2D eigenvalue weighted by Gasteiger charge is -2.08. The van der Waals surface area contributed by atoms with Gasteiger partial charge in [-0.1, -0.05) is 6.07 Å². The number of benzene rings is 1. The van der Waals surface area contributed by atoms with Crippen molar-refractivity contribution in [2.45, 2.75) is 13.8 Å². The third kappa shape index (κ3) is 2.63. The van der Waals surface area contributed by atoms with E-state index in [1.165, 1.54) is 6.07 Å². The Balaban J connectivity index is 2.39. The van der Waals surface area contributed by atoms with E-state index in [2.05, 4.69) is 10.2 Å². The topological polar surface area (TPSA) is 72.3 Å². The van der Waals surface area contributed by atoms with Crippen molar-refractivity contribution in [2.24, 2.45) is 0 Å². The number of ether oxygens (including phenoxy) is 1. The van der Waals surface area contributed by atoms with E-state index in [1.807, 2.05) is 13.8 Å². The van der Waals surface area contributed by atoms with Gasteiger partial charge in [0.1, 0.15) is 11.3 Å². The van der Waals surface area contributed by atoms with Gasteiger partial charge in [-0.3, -0.25) is 0 Å². The molecule has 0 bridgehead atoms. The Bertz CT molecular complexity index is 597. The second-order valence-electron chi connectivity index (χ2n) is 3.98. The molecular weight excluding hydrogens is 232 g/mol. The second kappa shape index (κ2) is 4.83. The van der Waals surface area contributed by atoms with E-state index >= 15 is 0 Å². The number of carboxylic acid groups (broad SMARTS) is 1. The quantitative estimate of drug-likeness (QED) is 0.898. The summed E-state index contributed by atoms with van der Waals surface area (Å²) in [4.78, 5) is 11.1. The summed E-state index contributed by atoms with van der Waals surface area (Å²) in [5.41, 5.74) is 1.91. The maximum Gasteiger partial charge on any atom is 0.339 e. The number of hydrogen-bond acceptors (Lipinski definition) is 4. The molecule has 0 aliphatic heterocycles. The highest BCUT2D eigenvalue weighted by Crippen LogP contribution is 2.25. The summed E-state index contributed by atoms with van der Waals surface area (Å²) < 4.78 is 5.48. The molecule has 0 aliphatic carbocycles. The lowest BCUT2D eigenvalue weighted by atomic mass is 10.1. The molecule has 0 saturated carbocycles. The molecule has 0 saturated heterocycles. The average Bonchev–Trinajstić information content (AvgIpc) is 2.28. The van der Waals surface area contributed by atoms with Gasteiger partial charge in [0.25, 0.3) is 0 Å². The summed E-state index contributed by atoms with van der Waals surface area (Å²) >= 11 is 0. The summed E-state index contributed by atoms with van der Waals surface area (Å²) in [5, 5.41) is 16.6. The fourth-order valence-corrected chi connectivity index (χ4v) is 1.49. The fourth-order valence-electron chi connectivity index (χ4n) is 1.49. The lowest BCUT2D eigenvalue weighted by Crippen LogP contribution is -2.01. The van der Waals surface area contributed by atoms with Crippen LogP contribution in [0.2, 0.25) is 0 Å². The van der Waals surface area contributed by atoms with Crippen LogP contribution < -0.4 is 4.74 Å². The van der Waals surface area contributed by atoms with Gasteiger partial charge >= 0.3 is 5.97 Å². The van der Waals surface area contributed by atoms with E-state index < -0.39 is 5.97 Å². The highest BCUT2D eigenvalue weighted by atomic mass is 16.5. The molecule has 1 heterocycles. The van der Waals surface area contributed by atoms with Gasteiger partial charge in [-0.25, -0.2) is 4.79 Å². The van der Waals surface area contributed by atoms with E-state index in [0.717, 1.165) is 11.1 Å². The minimum Gasteiger partial charge on any atom is -0.478 e. The predicted molar refractivity (Wildman–Crippen MR) is 65.0 cm³/mol. The molecule has 0 amide bonds. The van der Waals surface area contributed by atoms with Gasteiger partial charge < -0.3 is 9.84 Å². The van der Waals surface area contributed by atoms with Crippen molar-refractivity contribution < 1.29 is 14.6 Å². The Morgan fingerprint density at radius 2 is 2.00 bits per heavy atom. The highest BCUT2D eigenvalue weighted by Gasteiger charge is 2.12. The number of carboxylic acids is 1. The summed E-state index contributed by atoms with van der Waals surface area (Å²) in [6.07, 6.45) is 1.60. The zero-order valence-corrected chi connectivity index (χ0v) is 10.0. The summed E-state index contributed by atoms with van der Waals surface area (Å²) in [7, 11) is 0. The molecule has 1 aromatic heterocycles. The molecule has 2 rings (SSSR count). The van der Waals surface area contributed by atoms with Crippen molar-refractivity contribution in [3.8, 4) is 11.6 Å². The molecular formula is C13H12N2O3. The number of rotatable bonds is 3. The monoisotopic (exact) mass is 244 g/mol.